The number of aryl methyl sites for hydroxylation is 2. The highest BCUT2D eigenvalue weighted by atomic mass is 35.5. The topological polar surface area (TPSA) is 78.8 Å². The molecule has 0 radical (unpaired) electrons. The van der Waals surface area contributed by atoms with Gasteiger partial charge in [0.15, 0.2) is 0 Å². The number of rotatable bonds is 8. The molecule has 0 saturated heterocycles. The molecular formula is C24H24ClN3O3S. The predicted octanol–water partition coefficient (Wildman–Crippen LogP) is 4.56. The summed E-state index contributed by atoms with van der Waals surface area (Å²) in [6.45, 7) is 3.40. The van der Waals surface area contributed by atoms with Crippen LogP contribution in [0.25, 0.3) is 0 Å². The summed E-state index contributed by atoms with van der Waals surface area (Å²) in [5.74, 6) is -0.565. The van der Waals surface area contributed by atoms with Crippen LogP contribution in [0.15, 0.2) is 82.8 Å². The van der Waals surface area contributed by atoms with Gasteiger partial charge in [0.25, 0.3) is 15.9 Å². The Kier molecular flexibility index (Phi) is 7.66. The zero-order chi connectivity index (χ0) is 23.1. The standard InChI is InChI=1S/C24H24ClN3O3S/c1-3-20-8-4-5-10-23(20)28(32(30,31)22-13-11-18(2)12-14-22)17-24(29)27-26-16-19-7-6-9-21(25)15-19/h4-16H,3,17H2,1-2H3,(H,27,29)/b26-16-. The Morgan fingerprint density at radius 1 is 1.06 bits per heavy atom. The van der Waals surface area contributed by atoms with E-state index in [1.54, 1.807) is 60.7 Å². The summed E-state index contributed by atoms with van der Waals surface area (Å²) < 4.78 is 28.1. The second-order valence-corrected chi connectivity index (χ2v) is 9.45. The average Bonchev–Trinajstić information content (AvgIpc) is 2.78. The van der Waals surface area contributed by atoms with Crippen LogP contribution in [0.3, 0.4) is 0 Å². The van der Waals surface area contributed by atoms with Crippen LogP contribution in [0.2, 0.25) is 5.02 Å². The third kappa shape index (κ3) is 5.75. The number of anilines is 1. The van der Waals surface area contributed by atoms with Crippen LogP contribution in [0.4, 0.5) is 5.69 Å². The van der Waals surface area contributed by atoms with Crippen LogP contribution in [0, 0.1) is 6.92 Å². The fourth-order valence-corrected chi connectivity index (χ4v) is 4.78. The van der Waals surface area contributed by atoms with Gasteiger partial charge < -0.3 is 0 Å². The van der Waals surface area contributed by atoms with Crippen molar-refractivity contribution in [1.29, 1.82) is 0 Å². The van der Waals surface area contributed by atoms with E-state index < -0.39 is 22.5 Å². The zero-order valence-corrected chi connectivity index (χ0v) is 19.4. The lowest BCUT2D eigenvalue weighted by molar-refractivity contribution is -0.119. The van der Waals surface area contributed by atoms with Crippen LogP contribution < -0.4 is 9.73 Å². The predicted molar refractivity (Wildman–Crippen MR) is 129 cm³/mol. The Hall–Kier alpha value is -3.16. The number of amides is 1. The number of benzene rings is 3. The van der Waals surface area contributed by atoms with E-state index in [0.717, 1.165) is 15.4 Å². The Labute approximate surface area is 193 Å². The van der Waals surface area contributed by atoms with Gasteiger partial charge >= 0.3 is 0 Å². The molecule has 0 aromatic heterocycles. The monoisotopic (exact) mass is 469 g/mol. The van der Waals surface area contributed by atoms with E-state index in [2.05, 4.69) is 10.5 Å². The third-order valence-corrected chi connectivity index (χ3v) is 6.80. The van der Waals surface area contributed by atoms with Crippen molar-refractivity contribution in [1.82, 2.24) is 5.43 Å². The maximum Gasteiger partial charge on any atom is 0.264 e. The summed E-state index contributed by atoms with van der Waals surface area (Å²) in [7, 11) is -3.98. The van der Waals surface area contributed by atoms with E-state index in [9.17, 15) is 13.2 Å². The van der Waals surface area contributed by atoms with Crippen molar-refractivity contribution in [3.63, 3.8) is 0 Å². The minimum absolute atomic E-state index is 0.115. The minimum Gasteiger partial charge on any atom is -0.271 e. The molecule has 0 atom stereocenters. The molecule has 0 aliphatic rings. The van der Waals surface area contributed by atoms with Gasteiger partial charge in [-0.05, 0) is 54.8 Å². The van der Waals surface area contributed by atoms with E-state index in [-0.39, 0.29) is 4.90 Å². The molecule has 166 valence electrons. The molecule has 0 aliphatic carbocycles. The number of nitrogens with zero attached hydrogens (tertiary/aromatic N) is 2. The van der Waals surface area contributed by atoms with Crippen LogP contribution in [-0.4, -0.2) is 27.1 Å². The molecule has 3 aromatic rings. The fraction of sp³-hybridized carbons (Fsp3) is 0.167. The number of sulfonamides is 1. The SMILES string of the molecule is CCc1ccccc1N(CC(=O)N/N=C\c1cccc(Cl)c1)S(=O)(=O)c1ccc(C)cc1. The van der Waals surface area contributed by atoms with Crippen LogP contribution in [0.1, 0.15) is 23.6 Å². The molecule has 0 spiro atoms. The van der Waals surface area contributed by atoms with E-state index in [4.69, 9.17) is 11.6 Å². The number of halogens is 1. The summed E-state index contributed by atoms with van der Waals surface area (Å²) in [6, 6.07) is 20.7. The van der Waals surface area contributed by atoms with Gasteiger partial charge in [0.05, 0.1) is 16.8 Å². The Morgan fingerprint density at radius 2 is 1.78 bits per heavy atom. The molecule has 0 unspecified atom stereocenters. The quantitative estimate of drug-likeness (QED) is 0.388. The maximum absolute atomic E-state index is 13.5. The largest absolute Gasteiger partial charge is 0.271 e. The lowest BCUT2D eigenvalue weighted by atomic mass is 10.1. The number of carbonyl (C=O) groups excluding carboxylic acids is 1. The van der Waals surface area contributed by atoms with Crippen LogP contribution in [-0.2, 0) is 21.2 Å². The van der Waals surface area contributed by atoms with Crippen molar-refractivity contribution >= 4 is 39.4 Å². The molecule has 6 nitrogen and oxygen atoms in total. The Morgan fingerprint density at radius 3 is 2.47 bits per heavy atom. The second-order valence-electron chi connectivity index (χ2n) is 7.16. The lowest BCUT2D eigenvalue weighted by Crippen LogP contribution is -2.40. The molecule has 32 heavy (non-hydrogen) atoms. The number of hydrogen-bond donors (Lipinski definition) is 1. The first-order chi connectivity index (χ1) is 15.3. The van der Waals surface area contributed by atoms with Crippen molar-refractivity contribution in [2.24, 2.45) is 5.10 Å². The molecule has 0 bridgehead atoms. The highest BCUT2D eigenvalue weighted by Gasteiger charge is 2.28. The van der Waals surface area contributed by atoms with Crippen molar-refractivity contribution in [3.05, 3.63) is 94.5 Å². The summed E-state index contributed by atoms with van der Waals surface area (Å²) in [5, 5.41) is 4.48. The third-order valence-electron chi connectivity index (χ3n) is 4.79. The molecule has 0 aliphatic heterocycles. The Balaban J connectivity index is 1.89. The first-order valence-corrected chi connectivity index (χ1v) is 11.9. The first kappa shape index (κ1) is 23.5. The van der Waals surface area contributed by atoms with Gasteiger partial charge in [-0.15, -0.1) is 0 Å². The second kappa shape index (κ2) is 10.4. The van der Waals surface area contributed by atoms with E-state index in [1.807, 2.05) is 26.0 Å². The van der Waals surface area contributed by atoms with E-state index >= 15 is 0 Å². The summed E-state index contributed by atoms with van der Waals surface area (Å²) in [5.41, 5.74) is 5.33. The summed E-state index contributed by atoms with van der Waals surface area (Å²) in [4.78, 5) is 12.8. The Bertz CT molecular complexity index is 1230. The van der Waals surface area contributed by atoms with E-state index in [0.29, 0.717) is 22.7 Å². The average molecular weight is 470 g/mol. The molecule has 1 N–H and O–H groups in total. The van der Waals surface area contributed by atoms with Crippen molar-refractivity contribution < 1.29 is 13.2 Å². The van der Waals surface area contributed by atoms with Crippen molar-refractivity contribution in [2.75, 3.05) is 10.8 Å². The smallest absolute Gasteiger partial charge is 0.264 e. The maximum atomic E-state index is 13.5. The molecule has 1 amide bonds. The lowest BCUT2D eigenvalue weighted by Gasteiger charge is -2.25. The number of nitrogens with one attached hydrogen (secondary N) is 1. The molecule has 0 saturated carbocycles. The van der Waals surface area contributed by atoms with Gasteiger partial charge in [0.1, 0.15) is 6.54 Å². The van der Waals surface area contributed by atoms with Gasteiger partial charge in [-0.3, -0.25) is 9.10 Å². The number of para-hydroxylation sites is 1. The number of hydrogen-bond acceptors (Lipinski definition) is 4. The van der Waals surface area contributed by atoms with E-state index in [1.165, 1.54) is 6.21 Å². The van der Waals surface area contributed by atoms with Crippen molar-refractivity contribution in [3.8, 4) is 0 Å². The minimum atomic E-state index is -3.98. The van der Waals surface area contributed by atoms with Gasteiger partial charge in [0.2, 0.25) is 0 Å². The van der Waals surface area contributed by atoms with Gasteiger partial charge in [-0.25, -0.2) is 13.8 Å². The molecule has 3 aromatic carbocycles. The van der Waals surface area contributed by atoms with Crippen molar-refractivity contribution in [2.45, 2.75) is 25.2 Å². The first-order valence-electron chi connectivity index (χ1n) is 10.1. The fourth-order valence-electron chi connectivity index (χ4n) is 3.12. The number of hydrazone groups is 1. The summed E-state index contributed by atoms with van der Waals surface area (Å²) >= 11 is 5.95. The molecule has 8 heteroatoms. The molecule has 0 heterocycles. The normalized spacial score (nSPS) is 11.5. The van der Waals surface area contributed by atoms with Gasteiger partial charge in [-0.1, -0.05) is 66.6 Å². The van der Waals surface area contributed by atoms with Crippen LogP contribution >= 0.6 is 11.6 Å². The molecular weight excluding hydrogens is 446 g/mol. The number of carbonyl (C=O) groups is 1. The highest BCUT2D eigenvalue weighted by molar-refractivity contribution is 7.92. The van der Waals surface area contributed by atoms with Gasteiger partial charge in [0, 0.05) is 5.02 Å². The molecule has 3 rings (SSSR count). The van der Waals surface area contributed by atoms with Gasteiger partial charge in [-0.2, -0.15) is 5.10 Å². The summed E-state index contributed by atoms with van der Waals surface area (Å²) in [6.07, 6.45) is 2.06. The zero-order valence-electron chi connectivity index (χ0n) is 17.8. The highest BCUT2D eigenvalue weighted by Crippen LogP contribution is 2.27. The van der Waals surface area contributed by atoms with Crippen LogP contribution in [0.5, 0.6) is 0 Å². The molecule has 0 fully saturated rings.